The molecule has 0 saturated heterocycles. The number of hydrogen-bond acceptors (Lipinski definition) is 1. The summed E-state index contributed by atoms with van der Waals surface area (Å²) < 4.78 is 0. The third-order valence-electron chi connectivity index (χ3n) is 3.78. The van der Waals surface area contributed by atoms with E-state index in [9.17, 15) is 0 Å². The molecule has 2 nitrogen and oxygen atoms in total. The van der Waals surface area contributed by atoms with E-state index in [2.05, 4.69) is 37.0 Å². The Hall–Kier alpha value is -1.31. The Morgan fingerprint density at radius 2 is 1.74 bits per heavy atom. The lowest BCUT2D eigenvalue weighted by atomic mass is 10.1. The molecule has 2 rings (SSSR count). The molecule has 0 atom stereocenters. The normalized spacial score (nSPS) is 11.3. The molecule has 2 heteroatoms. The number of aromatic amines is 1. The van der Waals surface area contributed by atoms with Gasteiger partial charge in [-0.3, -0.25) is 0 Å². The summed E-state index contributed by atoms with van der Waals surface area (Å²) in [5.74, 6) is 1.15. The minimum atomic E-state index is 1.09. The van der Waals surface area contributed by atoms with Gasteiger partial charge in [-0.2, -0.15) is 0 Å². The van der Waals surface area contributed by atoms with E-state index in [1.807, 2.05) is 0 Å². The number of hydrogen-bond donors (Lipinski definition) is 1. The van der Waals surface area contributed by atoms with E-state index in [0.717, 1.165) is 17.8 Å². The molecular weight excluding hydrogens is 232 g/mol. The Labute approximate surface area is 116 Å². The molecule has 0 fully saturated rings. The summed E-state index contributed by atoms with van der Waals surface area (Å²) in [6.45, 7) is 4.39. The molecule has 0 aliphatic carbocycles. The number of aromatic nitrogens is 2. The van der Waals surface area contributed by atoms with Crippen molar-refractivity contribution in [1.82, 2.24) is 9.97 Å². The lowest BCUT2D eigenvalue weighted by Gasteiger charge is -1.99. The summed E-state index contributed by atoms with van der Waals surface area (Å²) in [5, 5.41) is 0. The van der Waals surface area contributed by atoms with Crippen molar-refractivity contribution in [2.24, 2.45) is 0 Å². The minimum Gasteiger partial charge on any atom is -0.342 e. The predicted octanol–water partition coefficient (Wildman–Crippen LogP) is 5.16. The standard InChI is InChI=1S/C17H26N2/c1-3-4-5-6-7-8-9-13-16-18-15-12-10-11-14(2)17(15)19-16/h10-12H,3-9,13H2,1-2H3,(H,18,19). The quantitative estimate of drug-likeness (QED) is 0.650. The van der Waals surface area contributed by atoms with Crippen LogP contribution in [0, 0.1) is 6.92 Å². The molecule has 1 heterocycles. The minimum absolute atomic E-state index is 1.09. The molecule has 19 heavy (non-hydrogen) atoms. The molecule has 1 aromatic heterocycles. The van der Waals surface area contributed by atoms with Gasteiger partial charge in [0.05, 0.1) is 11.0 Å². The first-order valence-electron chi connectivity index (χ1n) is 7.75. The van der Waals surface area contributed by atoms with Gasteiger partial charge in [-0.1, -0.05) is 57.6 Å². The lowest BCUT2D eigenvalue weighted by molar-refractivity contribution is 0.585. The molecule has 0 bridgehead atoms. The molecule has 0 radical (unpaired) electrons. The van der Waals surface area contributed by atoms with E-state index in [4.69, 9.17) is 4.98 Å². The SMILES string of the molecule is CCCCCCCCCc1nc2c(C)cccc2[nH]1. The molecule has 104 valence electrons. The van der Waals surface area contributed by atoms with Gasteiger partial charge in [-0.25, -0.2) is 4.98 Å². The van der Waals surface area contributed by atoms with Gasteiger partial charge in [-0.05, 0) is 25.0 Å². The number of benzene rings is 1. The molecule has 0 aliphatic rings. The second kappa shape index (κ2) is 7.32. The van der Waals surface area contributed by atoms with Crippen LogP contribution in [-0.4, -0.2) is 9.97 Å². The van der Waals surface area contributed by atoms with Crippen LogP contribution in [-0.2, 0) is 6.42 Å². The molecule has 0 aliphatic heterocycles. The highest BCUT2D eigenvalue weighted by Gasteiger charge is 2.04. The maximum Gasteiger partial charge on any atom is 0.107 e. The van der Waals surface area contributed by atoms with Crippen LogP contribution >= 0.6 is 0 Å². The molecule has 2 aromatic rings. The molecule has 0 amide bonds. The molecule has 0 saturated carbocycles. The summed E-state index contributed by atoms with van der Waals surface area (Å²) in [7, 11) is 0. The summed E-state index contributed by atoms with van der Waals surface area (Å²) in [4.78, 5) is 8.14. The first-order chi connectivity index (χ1) is 9.31. The zero-order valence-electron chi connectivity index (χ0n) is 12.3. The highest BCUT2D eigenvalue weighted by Crippen LogP contribution is 2.17. The van der Waals surface area contributed by atoms with Gasteiger partial charge in [0.25, 0.3) is 0 Å². The van der Waals surface area contributed by atoms with Gasteiger partial charge in [0.15, 0.2) is 0 Å². The summed E-state index contributed by atoms with van der Waals surface area (Å²) in [6.07, 6.45) is 10.6. The number of fused-ring (bicyclic) bond motifs is 1. The van der Waals surface area contributed by atoms with Gasteiger partial charge in [-0.15, -0.1) is 0 Å². The smallest absolute Gasteiger partial charge is 0.107 e. The number of para-hydroxylation sites is 1. The van der Waals surface area contributed by atoms with E-state index in [1.54, 1.807) is 0 Å². The second-order valence-electron chi connectivity index (χ2n) is 5.53. The molecule has 0 spiro atoms. The average molecular weight is 258 g/mol. The van der Waals surface area contributed by atoms with Crippen LogP contribution in [0.15, 0.2) is 18.2 Å². The number of rotatable bonds is 8. The van der Waals surface area contributed by atoms with E-state index in [1.165, 1.54) is 56.0 Å². The first-order valence-corrected chi connectivity index (χ1v) is 7.75. The van der Waals surface area contributed by atoms with Crippen molar-refractivity contribution in [1.29, 1.82) is 0 Å². The van der Waals surface area contributed by atoms with Crippen molar-refractivity contribution in [2.45, 2.75) is 65.2 Å². The molecule has 1 aromatic carbocycles. The number of aryl methyl sites for hydroxylation is 2. The zero-order chi connectivity index (χ0) is 13.5. The summed E-state index contributed by atoms with van der Waals surface area (Å²) in [6, 6.07) is 6.33. The monoisotopic (exact) mass is 258 g/mol. The van der Waals surface area contributed by atoms with Crippen LogP contribution in [0.1, 0.15) is 63.3 Å². The highest BCUT2D eigenvalue weighted by molar-refractivity contribution is 5.78. The fourth-order valence-corrected chi connectivity index (χ4v) is 2.59. The number of nitrogens with one attached hydrogen (secondary N) is 1. The van der Waals surface area contributed by atoms with E-state index >= 15 is 0 Å². The number of imidazole rings is 1. The van der Waals surface area contributed by atoms with Gasteiger partial charge in [0, 0.05) is 6.42 Å². The van der Waals surface area contributed by atoms with Crippen molar-refractivity contribution in [2.75, 3.05) is 0 Å². The third-order valence-corrected chi connectivity index (χ3v) is 3.78. The van der Waals surface area contributed by atoms with Crippen LogP contribution < -0.4 is 0 Å². The predicted molar refractivity (Wildman–Crippen MR) is 82.5 cm³/mol. The second-order valence-corrected chi connectivity index (χ2v) is 5.53. The molecule has 1 N–H and O–H groups in total. The largest absolute Gasteiger partial charge is 0.342 e. The van der Waals surface area contributed by atoms with Crippen molar-refractivity contribution >= 4 is 11.0 Å². The topological polar surface area (TPSA) is 28.7 Å². The Morgan fingerprint density at radius 3 is 2.47 bits per heavy atom. The van der Waals surface area contributed by atoms with E-state index < -0.39 is 0 Å². The van der Waals surface area contributed by atoms with Crippen molar-refractivity contribution in [3.05, 3.63) is 29.6 Å². The lowest BCUT2D eigenvalue weighted by Crippen LogP contribution is -1.88. The molecular formula is C17H26N2. The summed E-state index contributed by atoms with van der Waals surface area (Å²) >= 11 is 0. The Morgan fingerprint density at radius 1 is 1.00 bits per heavy atom. The van der Waals surface area contributed by atoms with Crippen molar-refractivity contribution in [3.8, 4) is 0 Å². The number of H-pyrrole nitrogens is 1. The number of nitrogens with zero attached hydrogens (tertiary/aromatic N) is 1. The Balaban J connectivity index is 1.74. The van der Waals surface area contributed by atoms with E-state index in [0.29, 0.717) is 0 Å². The van der Waals surface area contributed by atoms with Crippen LogP contribution in [0.4, 0.5) is 0 Å². The highest BCUT2D eigenvalue weighted by atomic mass is 14.9. The fourth-order valence-electron chi connectivity index (χ4n) is 2.59. The zero-order valence-corrected chi connectivity index (χ0v) is 12.3. The van der Waals surface area contributed by atoms with Crippen LogP contribution in [0.3, 0.4) is 0 Å². The Bertz CT molecular complexity index is 499. The molecule has 0 unspecified atom stereocenters. The summed E-state index contributed by atoms with van der Waals surface area (Å²) in [5.41, 5.74) is 3.58. The van der Waals surface area contributed by atoms with Gasteiger partial charge in [0.1, 0.15) is 5.82 Å². The first kappa shape index (κ1) is 14.1. The van der Waals surface area contributed by atoms with Gasteiger partial charge < -0.3 is 4.98 Å². The van der Waals surface area contributed by atoms with Gasteiger partial charge in [0.2, 0.25) is 0 Å². The van der Waals surface area contributed by atoms with Gasteiger partial charge >= 0.3 is 0 Å². The van der Waals surface area contributed by atoms with Crippen LogP contribution in [0.2, 0.25) is 0 Å². The van der Waals surface area contributed by atoms with E-state index in [-0.39, 0.29) is 0 Å². The van der Waals surface area contributed by atoms with Crippen molar-refractivity contribution < 1.29 is 0 Å². The average Bonchev–Trinajstić information content (AvgIpc) is 2.82. The van der Waals surface area contributed by atoms with Crippen LogP contribution in [0.25, 0.3) is 11.0 Å². The van der Waals surface area contributed by atoms with Crippen LogP contribution in [0.5, 0.6) is 0 Å². The fraction of sp³-hybridized carbons (Fsp3) is 0.588. The maximum atomic E-state index is 4.70. The van der Waals surface area contributed by atoms with Crippen molar-refractivity contribution in [3.63, 3.8) is 0 Å². The Kier molecular flexibility index (Phi) is 5.44. The number of unbranched alkanes of at least 4 members (excludes halogenated alkanes) is 6. The maximum absolute atomic E-state index is 4.70. The third kappa shape index (κ3) is 4.09.